The Labute approximate surface area is 154 Å². The number of benzene rings is 2. The summed E-state index contributed by atoms with van der Waals surface area (Å²) in [6.45, 7) is 0.738. The van der Waals surface area contributed by atoms with E-state index in [1.54, 1.807) is 29.2 Å². The lowest BCUT2D eigenvalue weighted by Gasteiger charge is -2.15. The zero-order valence-electron chi connectivity index (χ0n) is 14.3. The fourth-order valence-electron chi connectivity index (χ4n) is 3.07. The van der Waals surface area contributed by atoms with E-state index in [-0.39, 0.29) is 11.8 Å². The van der Waals surface area contributed by atoms with Gasteiger partial charge < -0.3 is 9.47 Å². The molecule has 4 rings (SSSR count). The van der Waals surface area contributed by atoms with Gasteiger partial charge in [-0.05, 0) is 42.8 Å². The largest absolute Gasteiger partial charge is 0.318 e. The Kier molecular flexibility index (Phi) is 4.30. The summed E-state index contributed by atoms with van der Waals surface area (Å²) in [6.07, 6.45) is 1.47. The Morgan fingerprint density at radius 2 is 1.92 bits per heavy atom. The number of nitrogens with zero attached hydrogens (tertiary/aromatic N) is 3. The van der Waals surface area contributed by atoms with Gasteiger partial charge in [0.05, 0.1) is 10.2 Å². The smallest absolute Gasteiger partial charge is 0.271 e. The number of para-hydroxylation sites is 1. The molecule has 0 aliphatic carbocycles. The van der Waals surface area contributed by atoms with Crippen molar-refractivity contribution in [2.45, 2.75) is 12.8 Å². The Morgan fingerprint density at radius 1 is 1.15 bits per heavy atom. The van der Waals surface area contributed by atoms with Gasteiger partial charge in [-0.25, -0.2) is 5.43 Å². The predicted octanol–water partition coefficient (Wildman–Crippen LogP) is 2.61. The van der Waals surface area contributed by atoms with E-state index >= 15 is 0 Å². The van der Waals surface area contributed by atoms with Crippen LogP contribution in [0.1, 0.15) is 23.2 Å². The quantitative estimate of drug-likeness (QED) is 0.724. The Balaban J connectivity index is 1.52. The highest BCUT2D eigenvalue weighted by molar-refractivity contribution is 7.16. The summed E-state index contributed by atoms with van der Waals surface area (Å²) in [5.41, 5.74) is 5.02. The van der Waals surface area contributed by atoms with E-state index in [2.05, 4.69) is 10.5 Å². The molecule has 3 aromatic rings. The van der Waals surface area contributed by atoms with Crippen LogP contribution in [-0.2, 0) is 11.8 Å². The summed E-state index contributed by atoms with van der Waals surface area (Å²) in [6, 6.07) is 15.0. The second kappa shape index (κ2) is 6.76. The van der Waals surface area contributed by atoms with Crippen LogP contribution in [0.3, 0.4) is 0 Å². The van der Waals surface area contributed by atoms with Crippen LogP contribution >= 0.6 is 11.3 Å². The molecule has 1 aliphatic rings. The first-order valence-electron chi connectivity index (χ1n) is 8.42. The van der Waals surface area contributed by atoms with Crippen LogP contribution in [0.2, 0.25) is 0 Å². The van der Waals surface area contributed by atoms with Crippen LogP contribution in [0.5, 0.6) is 0 Å². The molecular formula is C19H18N4O2S. The van der Waals surface area contributed by atoms with E-state index in [4.69, 9.17) is 0 Å². The van der Waals surface area contributed by atoms with E-state index in [0.29, 0.717) is 12.0 Å². The first-order chi connectivity index (χ1) is 12.6. The van der Waals surface area contributed by atoms with Gasteiger partial charge >= 0.3 is 0 Å². The van der Waals surface area contributed by atoms with Gasteiger partial charge in [0.1, 0.15) is 0 Å². The third-order valence-electron chi connectivity index (χ3n) is 4.48. The summed E-state index contributed by atoms with van der Waals surface area (Å²) < 4.78 is 3.06. The maximum Gasteiger partial charge on any atom is 0.271 e. The van der Waals surface area contributed by atoms with Gasteiger partial charge in [0.25, 0.3) is 5.91 Å². The molecule has 0 saturated carbocycles. The monoisotopic (exact) mass is 366 g/mol. The molecule has 2 aromatic carbocycles. The number of hydrogen-bond acceptors (Lipinski definition) is 4. The number of rotatable bonds is 3. The average molecular weight is 366 g/mol. The van der Waals surface area contributed by atoms with Crippen molar-refractivity contribution in [3.05, 3.63) is 58.9 Å². The molecule has 0 bridgehead atoms. The minimum atomic E-state index is -0.276. The fraction of sp³-hybridized carbons (Fsp3) is 0.211. The van der Waals surface area contributed by atoms with Crippen molar-refractivity contribution >= 4 is 39.1 Å². The van der Waals surface area contributed by atoms with Gasteiger partial charge in [0.2, 0.25) is 10.7 Å². The number of carbonyl (C=O) groups is 2. The maximum absolute atomic E-state index is 12.4. The molecule has 6 nitrogen and oxygen atoms in total. The highest BCUT2D eigenvalue weighted by Gasteiger charge is 2.21. The molecule has 0 spiro atoms. The molecular weight excluding hydrogens is 348 g/mol. The summed E-state index contributed by atoms with van der Waals surface area (Å²) in [7, 11) is 1.92. The van der Waals surface area contributed by atoms with E-state index in [0.717, 1.165) is 33.7 Å². The predicted molar refractivity (Wildman–Crippen MR) is 102 cm³/mol. The maximum atomic E-state index is 12.4. The molecule has 2 heterocycles. The lowest BCUT2D eigenvalue weighted by molar-refractivity contribution is -0.117. The van der Waals surface area contributed by atoms with Crippen molar-refractivity contribution in [1.82, 2.24) is 9.99 Å². The van der Waals surface area contributed by atoms with Crippen molar-refractivity contribution in [1.29, 1.82) is 0 Å². The number of aryl methyl sites for hydroxylation is 1. The lowest BCUT2D eigenvalue weighted by Crippen LogP contribution is -2.24. The summed E-state index contributed by atoms with van der Waals surface area (Å²) in [5.74, 6) is -0.142. The molecule has 1 aromatic heterocycles. The van der Waals surface area contributed by atoms with E-state index in [1.165, 1.54) is 11.3 Å². The highest BCUT2D eigenvalue weighted by Crippen LogP contribution is 2.21. The standard InChI is InChI=1S/C19H18N4O2S/c1-22-15-5-2-3-6-16(15)26-19(22)21-20-18(25)13-8-10-14(11-9-13)23-12-4-7-17(23)24/h2-3,5-6,8-11H,4,7,12H2,1H3,(H,20,25)/b21-19-. The molecule has 26 heavy (non-hydrogen) atoms. The number of aromatic nitrogens is 1. The number of anilines is 1. The van der Waals surface area contributed by atoms with E-state index in [9.17, 15) is 9.59 Å². The summed E-state index contributed by atoms with van der Waals surface area (Å²) >= 11 is 1.52. The molecule has 7 heteroatoms. The van der Waals surface area contributed by atoms with Gasteiger partial charge in [-0.3, -0.25) is 9.59 Å². The summed E-state index contributed by atoms with van der Waals surface area (Å²) in [5, 5.41) is 4.25. The van der Waals surface area contributed by atoms with Crippen LogP contribution in [0.15, 0.2) is 53.6 Å². The number of carbonyl (C=O) groups excluding carboxylic acids is 2. The number of nitrogens with one attached hydrogen (secondary N) is 1. The minimum Gasteiger partial charge on any atom is -0.318 e. The first-order valence-corrected chi connectivity index (χ1v) is 9.24. The normalized spacial score (nSPS) is 15.0. The molecule has 0 radical (unpaired) electrons. The molecule has 0 atom stereocenters. The second-order valence-corrected chi connectivity index (χ2v) is 7.17. The molecule has 1 N–H and O–H groups in total. The molecule has 132 valence electrons. The Bertz CT molecular complexity index is 1050. The van der Waals surface area contributed by atoms with Crippen molar-refractivity contribution in [2.75, 3.05) is 11.4 Å². The fourth-order valence-corrected chi connectivity index (χ4v) is 4.04. The van der Waals surface area contributed by atoms with Crippen LogP contribution < -0.4 is 15.1 Å². The number of hydrogen-bond donors (Lipinski definition) is 1. The lowest BCUT2D eigenvalue weighted by atomic mass is 10.2. The second-order valence-electron chi connectivity index (χ2n) is 6.16. The molecule has 1 saturated heterocycles. The molecule has 0 unspecified atom stereocenters. The molecule has 2 amide bonds. The van der Waals surface area contributed by atoms with Crippen LogP contribution in [0.4, 0.5) is 5.69 Å². The van der Waals surface area contributed by atoms with E-state index in [1.807, 2.05) is 35.9 Å². The van der Waals surface area contributed by atoms with Crippen molar-refractivity contribution in [2.24, 2.45) is 12.1 Å². The SMILES string of the molecule is Cn1/c(=N/NC(=O)c2ccc(N3CCCC3=O)cc2)sc2ccccc21. The zero-order chi connectivity index (χ0) is 18.1. The molecule has 1 aliphatic heterocycles. The van der Waals surface area contributed by atoms with Crippen LogP contribution in [0, 0.1) is 0 Å². The Morgan fingerprint density at radius 3 is 2.62 bits per heavy atom. The van der Waals surface area contributed by atoms with Crippen molar-refractivity contribution in [3.63, 3.8) is 0 Å². The van der Waals surface area contributed by atoms with Crippen LogP contribution in [-0.4, -0.2) is 22.9 Å². The van der Waals surface area contributed by atoms with E-state index < -0.39 is 0 Å². The van der Waals surface area contributed by atoms with Gasteiger partial charge in [-0.1, -0.05) is 23.5 Å². The first kappa shape index (κ1) is 16.5. The third kappa shape index (κ3) is 3.01. The molecule has 1 fully saturated rings. The van der Waals surface area contributed by atoms with Crippen molar-refractivity contribution in [3.8, 4) is 0 Å². The number of fused-ring (bicyclic) bond motifs is 1. The van der Waals surface area contributed by atoms with Crippen molar-refractivity contribution < 1.29 is 9.59 Å². The van der Waals surface area contributed by atoms with Gasteiger partial charge in [-0.15, -0.1) is 5.10 Å². The van der Waals surface area contributed by atoms with Gasteiger partial charge in [-0.2, -0.15) is 0 Å². The number of thiazole rings is 1. The third-order valence-corrected chi connectivity index (χ3v) is 5.60. The minimum absolute atomic E-state index is 0.134. The number of amides is 2. The van der Waals surface area contributed by atoms with Crippen LogP contribution in [0.25, 0.3) is 10.2 Å². The van der Waals surface area contributed by atoms with Gasteiger partial charge in [0, 0.05) is 31.3 Å². The zero-order valence-corrected chi connectivity index (χ0v) is 15.1. The summed E-state index contributed by atoms with van der Waals surface area (Å²) in [4.78, 5) is 26.6. The van der Waals surface area contributed by atoms with Gasteiger partial charge in [0.15, 0.2) is 0 Å². The topological polar surface area (TPSA) is 66.7 Å². The highest BCUT2D eigenvalue weighted by atomic mass is 32.1. The average Bonchev–Trinajstić information content (AvgIpc) is 3.23. The Hall–Kier alpha value is -2.93.